The minimum atomic E-state index is 0.526. The zero-order valence-electron chi connectivity index (χ0n) is 15.7. The standard InChI is InChI=1S/C21H28N4O/c1-3-19-15-20(26-24-19)16-23-21(22-4-2)25-12-10-18(11-13-25)14-17-8-6-5-7-9-17/h5-9,14-15H,3-4,10-13,16H2,1-2H3,(H,22,23). The van der Waals surface area contributed by atoms with Crippen molar-refractivity contribution in [2.45, 2.75) is 39.7 Å². The summed E-state index contributed by atoms with van der Waals surface area (Å²) in [6.45, 7) is 7.53. The van der Waals surface area contributed by atoms with E-state index in [1.165, 1.54) is 11.1 Å². The van der Waals surface area contributed by atoms with E-state index >= 15 is 0 Å². The summed E-state index contributed by atoms with van der Waals surface area (Å²) >= 11 is 0. The molecular weight excluding hydrogens is 324 g/mol. The number of benzene rings is 1. The van der Waals surface area contributed by atoms with Crippen LogP contribution in [-0.2, 0) is 13.0 Å². The molecule has 26 heavy (non-hydrogen) atoms. The SMILES string of the molecule is CCNC(=NCc1cc(CC)no1)N1CCC(=Cc2ccccc2)CC1. The Morgan fingerprint density at radius 2 is 2.00 bits per heavy atom. The molecule has 5 heteroatoms. The Kier molecular flexibility index (Phi) is 6.47. The van der Waals surface area contributed by atoms with Gasteiger partial charge in [-0.1, -0.05) is 54.1 Å². The third-order valence-electron chi connectivity index (χ3n) is 4.57. The summed E-state index contributed by atoms with van der Waals surface area (Å²) in [7, 11) is 0. The molecule has 0 saturated carbocycles. The molecule has 1 N–H and O–H groups in total. The fourth-order valence-electron chi connectivity index (χ4n) is 3.11. The summed E-state index contributed by atoms with van der Waals surface area (Å²) in [6.07, 6.45) is 5.35. The van der Waals surface area contributed by atoms with Gasteiger partial charge < -0.3 is 14.7 Å². The van der Waals surface area contributed by atoms with Crippen molar-refractivity contribution in [3.63, 3.8) is 0 Å². The number of rotatable bonds is 5. The van der Waals surface area contributed by atoms with Gasteiger partial charge in [0.15, 0.2) is 11.7 Å². The molecule has 0 atom stereocenters. The molecule has 0 amide bonds. The second kappa shape index (κ2) is 9.22. The van der Waals surface area contributed by atoms with Gasteiger partial charge in [-0.3, -0.25) is 0 Å². The molecule has 3 rings (SSSR count). The highest BCUT2D eigenvalue weighted by molar-refractivity contribution is 5.80. The Hall–Kier alpha value is -2.56. The Morgan fingerprint density at radius 1 is 1.23 bits per heavy atom. The maximum Gasteiger partial charge on any atom is 0.194 e. The van der Waals surface area contributed by atoms with Gasteiger partial charge in [-0.05, 0) is 31.7 Å². The number of aryl methyl sites for hydroxylation is 1. The number of hydrogen-bond acceptors (Lipinski definition) is 3. The molecule has 0 bridgehead atoms. The zero-order chi connectivity index (χ0) is 18.2. The summed E-state index contributed by atoms with van der Waals surface area (Å²) in [4.78, 5) is 7.08. The minimum Gasteiger partial charge on any atom is -0.359 e. The lowest BCUT2D eigenvalue weighted by Gasteiger charge is -2.31. The Labute approximate surface area is 155 Å². The largest absolute Gasteiger partial charge is 0.359 e. The van der Waals surface area contributed by atoms with Gasteiger partial charge in [-0.2, -0.15) is 0 Å². The molecule has 0 spiro atoms. The molecule has 138 valence electrons. The third-order valence-corrected chi connectivity index (χ3v) is 4.57. The van der Waals surface area contributed by atoms with Gasteiger partial charge >= 0.3 is 0 Å². The van der Waals surface area contributed by atoms with Crippen LogP contribution in [0.1, 0.15) is 43.7 Å². The average Bonchev–Trinajstić information content (AvgIpc) is 3.15. The van der Waals surface area contributed by atoms with Crippen LogP contribution in [0.5, 0.6) is 0 Å². The predicted molar refractivity (Wildman–Crippen MR) is 106 cm³/mol. The second-order valence-electron chi connectivity index (χ2n) is 6.51. The molecular formula is C21H28N4O. The van der Waals surface area contributed by atoms with E-state index in [2.05, 4.69) is 65.6 Å². The van der Waals surface area contributed by atoms with E-state index in [1.54, 1.807) is 0 Å². The van der Waals surface area contributed by atoms with Crippen LogP contribution in [0.3, 0.4) is 0 Å². The van der Waals surface area contributed by atoms with E-state index in [4.69, 9.17) is 9.52 Å². The average molecular weight is 352 g/mol. The van der Waals surface area contributed by atoms with E-state index < -0.39 is 0 Å². The van der Waals surface area contributed by atoms with Gasteiger partial charge in [-0.25, -0.2) is 4.99 Å². The van der Waals surface area contributed by atoms with Crippen LogP contribution in [0.15, 0.2) is 51.5 Å². The van der Waals surface area contributed by atoms with E-state index in [9.17, 15) is 0 Å². The van der Waals surface area contributed by atoms with Crippen molar-refractivity contribution in [1.82, 2.24) is 15.4 Å². The number of hydrogen-bond donors (Lipinski definition) is 1. The fourth-order valence-corrected chi connectivity index (χ4v) is 3.11. The monoisotopic (exact) mass is 352 g/mol. The highest BCUT2D eigenvalue weighted by Crippen LogP contribution is 2.19. The maximum absolute atomic E-state index is 5.34. The van der Waals surface area contributed by atoms with Gasteiger partial charge in [0.1, 0.15) is 6.54 Å². The van der Waals surface area contributed by atoms with Crippen LogP contribution in [0.4, 0.5) is 0 Å². The van der Waals surface area contributed by atoms with Gasteiger partial charge in [0.25, 0.3) is 0 Å². The van der Waals surface area contributed by atoms with E-state index in [0.29, 0.717) is 6.54 Å². The number of aromatic nitrogens is 1. The Morgan fingerprint density at radius 3 is 2.65 bits per heavy atom. The first-order valence-electron chi connectivity index (χ1n) is 9.50. The van der Waals surface area contributed by atoms with E-state index in [1.807, 2.05) is 6.07 Å². The first kappa shape index (κ1) is 18.2. The smallest absolute Gasteiger partial charge is 0.194 e. The quantitative estimate of drug-likeness (QED) is 0.655. The number of piperidine rings is 1. The van der Waals surface area contributed by atoms with Crippen LogP contribution in [0.25, 0.3) is 6.08 Å². The molecule has 0 radical (unpaired) electrons. The van der Waals surface area contributed by atoms with Crippen molar-refractivity contribution in [3.05, 3.63) is 59.0 Å². The molecule has 1 aromatic heterocycles. The Balaban J connectivity index is 1.60. The second-order valence-corrected chi connectivity index (χ2v) is 6.51. The van der Waals surface area contributed by atoms with Crippen molar-refractivity contribution >= 4 is 12.0 Å². The molecule has 2 heterocycles. The molecule has 1 fully saturated rings. The van der Waals surface area contributed by atoms with Crippen LogP contribution in [0, 0.1) is 0 Å². The minimum absolute atomic E-state index is 0.526. The molecule has 2 aromatic rings. The lowest BCUT2D eigenvalue weighted by Crippen LogP contribution is -2.44. The van der Waals surface area contributed by atoms with Crippen molar-refractivity contribution in [2.24, 2.45) is 4.99 Å². The van der Waals surface area contributed by atoms with Gasteiger partial charge in [-0.15, -0.1) is 0 Å². The number of aliphatic imine (C=N–C) groups is 1. The van der Waals surface area contributed by atoms with Crippen molar-refractivity contribution < 1.29 is 4.52 Å². The number of nitrogens with zero attached hydrogens (tertiary/aromatic N) is 3. The molecule has 0 aliphatic carbocycles. The topological polar surface area (TPSA) is 53.7 Å². The van der Waals surface area contributed by atoms with Gasteiger partial charge in [0.2, 0.25) is 0 Å². The fraction of sp³-hybridized carbons (Fsp3) is 0.429. The van der Waals surface area contributed by atoms with Gasteiger partial charge in [0, 0.05) is 25.7 Å². The highest BCUT2D eigenvalue weighted by atomic mass is 16.5. The lowest BCUT2D eigenvalue weighted by atomic mass is 10.0. The predicted octanol–water partition coefficient (Wildman–Crippen LogP) is 3.88. The van der Waals surface area contributed by atoms with Crippen LogP contribution >= 0.6 is 0 Å². The van der Waals surface area contributed by atoms with Crippen molar-refractivity contribution in [1.29, 1.82) is 0 Å². The van der Waals surface area contributed by atoms with Crippen molar-refractivity contribution in [3.8, 4) is 0 Å². The first-order chi connectivity index (χ1) is 12.8. The normalized spacial score (nSPS) is 15.2. The third kappa shape index (κ3) is 4.97. The molecule has 1 saturated heterocycles. The van der Waals surface area contributed by atoms with Gasteiger partial charge in [0.05, 0.1) is 5.69 Å². The lowest BCUT2D eigenvalue weighted by molar-refractivity contribution is 0.366. The molecule has 0 unspecified atom stereocenters. The summed E-state index contributed by atoms with van der Waals surface area (Å²) in [5.41, 5.74) is 3.77. The maximum atomic E-state index is 5.34. The summed E-state index contributed by atoms with van der Waals surface area (Å²) < 4.78 is 5.34. The Bertz CT molecular complexity index is 738. The highest BCUT2D eigenvalue weighted by Gasteiger charge is 2.17. The van der Waals surface area contributed by atoms with E-state index in [0.717, 1.165) is 56.3 Å². The molecule has 1 aliphatic rings. The zero-order valence-corrected chi connectivity index (χ0v) is 15.7. The van der Waals surface area contributed by atoms with Crippen LogP contribution < -0.4 is 5.32 Å². The van der Waals surface area contributed by atoms with Crippen molar-refractivity contribution in [2.75, 3.05) is 19.6 Å². The van der Waals surface area contributed by atoms with E-state index in [-0.39, 0.29) is 0 Å². The number of likely N-dealkylation sites (tertiary alicyclic amines) is 1. The number of nitrogens with one attached hydrogen (secondary N) is 1. The van der Waals surface area contributed by atoms with Crippen LogP contribution in [-0.4, -0.2) is 35.7 Å². The summed E-state index contributed by atoms with van der Waals surface area (Å²) in [5.74, 6) is 1.78. The molecule has 1 aliphatic heterocycles. The molecule has 1 aromatic carbocycles. The summed E-state index contributed by atoms with van der Waals surface area (Å²) in [6, 6.07) is 12.5. The van der Waals surface area contributed by atoms with Crippen LogP contribution in [0.2, 0.25) is 0 Å². The summed E-state index contributed by atoms with van der Waals surface area (Å²) in [5, 5.41) is 7.44. The molecule has 5 nitrogen and oxygen atoms in total. The number of guanidine groups is 1. The first-order valence-corrected chi connectivity index (χ1v) is 9.50.